The highest BCUT2D eigenvalue weighted by Crippen LogP contribution is 2.10. The molecule has 0 amide bonds. The molecule has 0 saturated carbocycles. The molecule has 0 saturated heterocycles. The summed E-state index contributed by atoms with van der Waals surface area (Å²) in [4.78, 5) is 10.8. The first-order valence-electron chi connectivity index (χ1n) is 5.96. The summed E-state index contributed by atoms with van der Waals surface area (Å²) in [5, 5.41) is 4.30. The standard InChI is InChI=1S/C12H22N4S/c1-11-5-7-14-12(15-11)17-10-8-13-6-4-9-16(2)3/h5,7,13H,4,6,8-10H2,1-3H3. The van der Waals surface area contributed by atoms with Crippen LogP contribution in [-0.2, 0) is 0 Å². The molecule has 4 nitrogen and oxygen atoms in total. The lowest BCUT2D eigenvalue weighted by Crippen LogP contribution is -2.23. The monoisotopic (exact) mass is 254 g/mol. The molecule has 0 bridgehead atoms. The van der Waals surface area contributed by atoms with E-state index in [1.54, 1.807) is 11.8 Å². The summed E-state index contributed by atoms with van der Waals surface area (Å²) in [6.07, 6.45) is 3.01. The third kappa shape index (κ3) is 7.31. The van der Waals surface area contributed by atoms with Crippen molar-refractivity contribution in [2.75, 3.05) is 39.5 Å². The Morgan fingerprint density at radius 2 is 2.18 bits per heavy atom. The lowest BCUT2D eigenvalue weighted by molar-refractivity contribution is 0.396. The average molecular weight is 254 g/mol. The van der Waals surface area contributed by atoms with Gasteiger partial charge in [-0.1, -0.05) is 11.8 Å². The van der Waals surface area contributed by atoms with Gasteiger partial charge in [0.15, 0.2) is 5.16 Å². The van der Waals surface area contributed by atoms with Gasteiger partial charge in [0.25, 0.3) is 0 Å². The average Bonchev–Trinajstić information content (AvgIpc) is 2.27. The topological polar surface area (TPSA) is 41.1 Å². The van der Waals surface area contributed by atoms with Crippen molar-refractivity contribution in [2.45, 2.75) is 18.5 Å². The maximum absolute atomic E-state index is 4.35. The van der Waals surface area contributed by atoms with Crippen molar-refractivity contribution in [1.29, 1.82) is 0 Å². The number of aromatic nitrogens is 2. The summed E-state index contributed by atoms with van der Waals surface area (Å²) in [5.41, 5.74) is 1.03. The van der Waals surface area contributed by atoms with E-state index in [1.807, 2.05) is 19.2 Å². The van der Waals surface area contributed by atoms with Gasteiger partial charge in [-0.05, 0) is 46.6 Å². The summed E-state index contributed by atoms with van der Waals surface area (Å²) in [6, 6.07) is 1.92. The van der Waals surface area contributed by atoms with E-state index in [2.05, 4.69) is 34.3 Å². The molecule has 0 fully saturated rings. The Kier molecular flexibility index (Phi) is 7.16. The highest BCUT2D eigenvalue weighted by Gasteiger charge is 1.97. The van der Waals surface area contributed by atoms with Crippen molar-refractivity contribution in [3.8, 4) is 0 Å². The van der Waals surface area contributed by atoms with E-state index in [0.29, 0.717) is 0 Å². The summed E-state index contributed by atoms with van der Waals surface area (Å²) in [6.45, 7) is 5.22. The normalized spacial score (nSPS) is 11.1. The van der Waals surface area contributed by atoms with E-state index in [4.69, 9.17) is 0 Å². The molecule has 1 heterocycles. The highest BCUT2D eigenvalue weighted by molar-refractivity contribution is 7.99. The number of hydrogen-bond acceptors (Lipinski definition) is 5. The molecular weight excluding hydrogens is 232 g/mol. The Labute approximate surface area is 108 Å². The highest BCUT2D eigenvalue weighted by atomic mass is 32.2. The van der Waals surface area contributed by atoms with Crippen LogP contribution in [0.25, 0.3) is 0 Å². The van der Waals surface area contributed by atoms with Crippen molar-refractivity contribution in [3.63, 3.8) is 0 Å². The van der Waals surface area contributed by atoms with E-state index >= 15 is 0 Å². The van der Waals surface area contributed by atoms with Crippen LogP contribution in [0.1, 0.15) is 12.1 Å². The number of nitrogens with one attached hydrogen (secondary N) is 1. The summed E-state index contributed by atoms with van der Waals surface area (Å²) in [5.74, 6) is 1.02. The van der Waals surface area contributed by atoms with Gasteiger partial charge < -0.3 is 10.2 Å². The quantitative estimate of drug-likeness (QED) is 0.432. The lowest BCUT2D eigenvalue weighted by Gasteiger charge is -2.09. The van der Waals surface area contributed by atoms with Crippen molar-refractivity contribution >= 4 is 11.8 Å². The van der Waals surface area contributed by atoms with E-state index in [-0.39, 0.29) is 0 Å². The van der Waals surface area contributed by atoms with E-state index < -0.39 is 0 Å². The molecule has 5 heteroatoms. The van der Waals surface area contributed by atoms with Crippen LogP contribution >= 0.6 is 11.8 Å². The molecule has 17 heavy (non-hydrogen) atoms. The van der Waals surface area contributed by atoms with Crippen LogP contribution in [0.15, 0.2) is 17.4 Å². The number of thioether (sulfide) groups is 1. The number of aryl methyl sites for hydroxylation is 1. The Bertz CT molecular complexity index is 317. The minimum Gasteiger partial charge on any atom is -0.316 e. The van der Waals surface area contributed by atoms with Crippen molar-refractivity contribution < 1.29 is 0 Å². The van der Waals surface area contributed by atoms with Gasteiger partial charge in [-0.3, -0.25) is 0 Å². The number of hydrogen-bond donors (Lipinski definition) is 1. The fourth-order valence-corrected chi connectivity index (χ4v) is 2.13. The molecule has 0 aliphatic heterocycles. The Balaban J connectivity index is 2.01. The van der Waals surface area contributed by atoms with Crippen LogP contribution in [0.5, 0.6) is 0 Å². The van der Waals surface area contributed by atoms with Crippen molar-refractivity contribution in [3.05, 3.63) is 18.0 Å². The minimum atomic E-state index is 0.875. The second kappa shape index (κ2) is 8.44. The second-order valence-electron chi connectivity index (χ2n) is 4.24. The number of rotatable bonds is 8. The summed E-state index contributed by atoms with van der Waals surface area (Å²) >= 11 is 1.70. The first-order valence-corrected chi connectivity index (χ1v) is 6.95. The third-order valence-electron chi connectivity index (χ3n) is 2.24. The lowest BCUT2D eigenvalue weighted by atomic mass is 10.4. The van der Waals surface area contributed by atoms with Gasteiger partial charge >= 0.3 is 0 Å². The van der Waals surface area contributed by atoms with Gasteiger partial charge in [0.1, 0.15) is 0 Å². The largest absolute Gasteiger partial charge is 0.316 e. The molecular formula is C12H22N4S. The smallest absolute Gasteiger partial charge is 0.187 e. The van der Waals surface area contributed by atoms with Gasteiger partial charge in [-0.15, -0.1) is 0 Å². The zero-order valence-corrected chi connectivity index (χ0v) is 11.8. The van der Waals surface area contributed by atoms with Gasteiger partial charge in [0.2, 0.25) is 0 Å². The van der Waals surface area contributed by atoms with Gasteiger partial charge in [0, 0.05) is 24.2 Å². The maximum atomic E-state index is 4.35. The molecule has 0 aromatic carbocycles. The van der Waals surface area contributed by atoms with Gasteiger partial charge in [-0.25, -0.2) is 9.97 Å². The predicted octanol–water partition coefficient (Wildman–Crippen LogP) is 1.42. The molecule has 0 spiro atoms. The maximum Gasteiger partial charge on any atom is 0.187 e. The Morgan fingerprint density at radius 3 is 2.88 bits per heavy atom. The van der Waals surface area contributed by atoms with Crippen LogP contribution in [0.3, 0.4) is 0 Å². The SMILES string of the molecule is Cc1ccnc(SCCNCCCN(C)C)n1. The van der Waals surface area contributed by atoms with Crippen LogP contribution in [0.2, 0.25) is 0 Å². The molecule has 0 aliphatic rings. The van der Waals surface area contributed by atoms with E-state index in [0.717, 1.165) is 36.2 Å². The molecule has 0 radical (unpaired) electrons. The third-order valence-corrected chi connectivity index (χ3v) is 3.10. The molecule has 0 unspecified atom stereocenters. The van der Waals surface area contributed by atoms with Crippen molar-refractivity contribution in [1.82, 2.24) is 20.2 Å². The zero-order chi connectivity index (χ0) is 12.5. The first-order chi connectivity index (χ1) is 8.18. The van der Waals surface area contributed by atoms with E-state index in [1.165, 1.54) is 6.42 Å². The van der Waals surface area contributed by atoms with Crippen molar-refractivity contribution in [2.24, 2.45) is 0 Å². The van der Waals surface area contributed by atoms with Gasteiger partial charge in [0.05, 0.1) is 0 Å². The molecule has 0 aliphatic carbocycles. The van der Waals surface area contributed by atoms with Crippen LogP contribution in [-0.4, -0.2) is 54.4 Å². The zero-order valence-electron chi connectivity index (χ0n) is 10.9. The Hall–Kier alpha value is -0.650. The van der Waals surface area contributed by atoms with E-state index in [9.17, 15) is 0 Å². The Morgan fingerprint density at radius 1 is 1.35 bits per heavy atom. The molecule has 1 aromatic rings. The molecule has 1 rings (SSSR count). The summed E-state index contributed by atoms with van der Waals surface area (Å²) < 4.78 is 0. The molecule has 1 N–H and O–H groups in total. The van der Waals surface area contributed by atoms with Crippen LogP contribution in [0.4, 0.5) is 0 Å². The minimum absolute atomic E-state index is 0.875. The van der Waals surface area contributed by atoms with Gasteiger partial charge in [-0.2, -0.15) is 0 Å². The molecule has 1 aromatic heterocycles. The van der Waals surface area contributed by atoms with Crippen LogP contribution in [0, 0.1) is 6.92 Å². The fraction of sp³-hybridized carbons (Fsp3) is 0.667. The molecule has 96 valence electrons. The van der Waals surface area contributed by atoms with Crippen LogP contribution < -0.4 is 5.32 Å². The second-order valence-corrected chi connectivity index (χ2v) is 5.30. The molecule has 0 atom stereocenters. The first kappa shape index (κ1) is 14.4. The predicted molar refractivity (Wildman–Crippen MR) is 73.5 cm³/mol. The number of nitrogens with zero attached hydrogens (tertiary/aromatic N) is 3. The summed E-state index contributed by atoms with van der Waals surface area (Å²) in [7, 11) is 4.20. The fourth-order valence-electron chi connectivity index (χ4n) is 1.36.